The first-order valence-corrected chi connectivity index (χ1v) is 12.6. The lowest BCUT2D eigenvalue weighted by Crippen LogP contribution is -2.37. The van der Waals surface area contributed by atoms with Crippen LogP contribution in [0.2, 0.25) is 0 Å². The molecule has 7 nitrogen and oxygen atoms in total. The van der Waals surface area contributed by atoms with Crippen LogP contribution >= 0.6 is 12.2 Å². The lowest BCUT2D eigenvalue weighted by Gasteiger charge is -2.17. The van der Waals surface area contributed by atoms with Crippen molar-refractivity contribution in [2.75, 3.05) is 19.0 Å². The van der Waals surface area contributed by atoms with E-state index < -0.39 is 15.9 Å². The minimum absolute atomic E-state index is 0.0896. The van der Waals surface area contributed by atoms with Crippen molar-refractivity contribution in [2.45, 2.75) is 24.8 Å². The fraction of sp³-hybridized carbons (Fsp3) is 0.200. The fourth-order valence-electron chi connectivity index (χ4n) is 3.11. The van der Waals surface area contributed by atoms with Crippen LogP contribution in [0.4, 0.5) is 5.69 Å². The Morgan fingerprint density at radius 1 is 0.941 bits per heavy atom. The molecule has 1 amide bonds. The van der Waals surface area contributed by atoms with Gasteiger partial charge in [-0.2, -0.15) is 4.31 Å². The van der Waals surface area contributed by atoms with Crippen LogP contribution in [0, 0.1) is 0 Å². The van der Waals surface area contributed by atoms with Crippen LogP contribution < -0.4 is 15.4 Å². The van der Waals surface area contributed by atoms with Crippen LogP contribution in [-0.4, -0.2) is 37.4 Å². The molecule has 0 fully saturated rings. The number of thiocarbonyl (C=S) groups is 1. The van der Waals surface area contributed by atoms with E-state index in [0.717, 1.165) is 12.0 Å². The van der Waals surface area contributed by atoms with Gasteiger partial charge in [0.15, 0.2) is 11.7 Å². The molecule has 0 radical (unpaired) electrons. The number of nitrogens with zero attached hydrogens (tertiary/aromatic N) is 1. The van der Waals surface area contributed by atoms with E-state index >= 15 is 0 Å². The van der Waals surface area contributed by atoms with Gasteiger partial charge in [-0.25, -0.2) is 8.42 Å². The molecule has 0 heterocycles. The number of carbonyl (C=O) groups is 1. The Labute approximate surface area is 205 Å². The second-order valence-corrected chi connectivity index (χ2v) is 10.0. The Hall–Kier alpha value is -3.27. The first-order valence-electron chi connectivity index (χ1n) is 10.7. The van der Waals surface area contributed by atoms with Crippen molar-refractivity contribution in [1.29, 1.82) is 0 Å². The molecule has 0 bridgehead atoms. The van der Waals surface area contributed by atoms with Crippen molar-refractivity contribution < 1.29 is 17.9 Å². The van der Waals surface area contributed by atoms with Crippen molar-refractivity contribution in [2.24, 2.45) is 0 Å². The third-order valence-electron chi connectivity index (χ3n) is 5.02. The van der Waals surface area contributed by atoms with Crippen LogP contribution in [0.25, 0.3) is 0 Å². The predicted octanol–water partition coefficient (Wildman–Crippen LogP) is 3.96. The van der Waals surface area contributed by atoms with Crippen molar-refractivity contribution >= 4 is 38.9 Å². The number of anilines is 1. The lowest BCUT2D eigenvalue weighted by molar-refractivity contribution is -0.121. The van der Waals surface area contributed by atoms with E-state index in [1.165, 1.54) is 22.0 Å². The van der Waals surface area contributed by atoms with Gasteiger partial charge in [0.05, 0.1) is 4.90 Å². The summed E-state index contributed by atoms with van der Waals surface area (Å²) >= 11 is 5.17. The summed E-state index contributed by atoms with van der Waals surface area (Å²) in [6.07, 6.45) is 0.929. The Balaban J connectivity index is 1.50. The smallest absolute Gasteiger partial charge is 0.264 e. The average Bonchev–Trinajstić information content (AvgIpc) is 2.84. The van der Waals surface area contributed by atoms with E-state index in [9.17, 15) is 13.2 Å². The molecule has 34 heavy (non-hydrogen) atoms. The Bertz CT molecular complexity index is 1210. The van der Waals surface area contributed by atoms with Crippen molar-refractivity contribution in [3.63, 3.8) is 0 Å². The number of carbonyl (C=O) groups excluding carboxylic acids is 1. The predicted molar refractivity (Wildman–Crippen MR) is 137 cm³/mol. The van der Waals surface area contributed by atoms with Crippen molar-refractivity contribution in [1.82, 2.24) is 9.62 Å². The molecule has 0 spiro atoms. The Morgan fingerprint density at radius 3 is 2.21 bits per heavy atom. The van der Waals surface area contributed by atoms with Crippen molar-refractivity contribution in [3.05, 3.63) is 90.0 Å². The molecule has 2 N–H and O–H groups in total. The zero-order valence-electron chi connectivity index (χ0n) is 19.0. The molecule has 178 valence electrons. The number of aryl methyl sites for hydroxylation is 1. The summed E-state index contributed by atoms with van der Waals surface area (Å²) < 4.78 is 32.5. The van der Waals surface area contributed by atoms with Gasteiger partial charge in [-0.05, 0) is 66.2 Å². The summed E-state index contributed by atoms with van der Waals surface area (Å²) in [5.74, 6) is 0.194. The van der Waals surface area contributed by atoms with Gasteiger partial charge in [-0.15, -0.1) is 0 Å². The molecule has 0 saturated heterocycles. The zero-order valence-corrected chi connectivity index (χ0v) is 20.7. The van der Waals surface area contributed by atoms with E-state index in [-0.39, 0.29) is 23.2 Å². The first kappa shape index (κ1) is 25.4. The molecule has 0 aliphatic carbocycles. The monoisotopic (exact) mass is 497 g/mol. The molecule has 0 saturated carbocycles. The minimum atomic E-state index is -3.65. The number of hydrogen-bond acceptors (Lipinski definition) is 5. The maximum atomic E-state index is 12.8. The quantitative estimate of drug-likeness (QED) is 0.435. The summed E-state index contributed by atoms with van der Waals surface area (Å²) in [5, 5.41) is 5.50. The van der Waals surface area contributed by atoms with E-state index in [0.29, 0.717) is 11.4 Å². The van der Waals surface area contributed by atoms with Crippen LogP contribution in [0.3, 0.4) is 0 Å². The summed E-state index contributed by atoms with van der Waals surface area (Å²) in [7, 11) is -2.11. The Kier molecular flexibility index (Phi) is 8.75. The van der Waals surface area contributed by atoms with E-state index in [1.54, 1.807) is 19.2 Å². The number of benzene rings is 3. The molecule has 3 aromatic rings. The molecule has 9 heteroatoms. The summed E-state index contributed by atoms with van der Waals surface area (Å²) in [6, 6.07) is 23.1. The maximum Gasteiger partial charge on any atom is 0.264 e. The number of ether oxygens (including phenoxy) is 1. The SMILES string of the molecule is CCc1ccc(OCC(=O)NC(=S)Nc2ccc(S(=O)(=O)N(C)Cc3ccccc3)cc2)cc1. The van der Waals surface area contributed by atoms with Gasteiger partial charge in [-0.3, -0.25) is 10.1 Å². The number of nitrogens with one attached hydrogen (secondary N) is 2. The summed E-state index contributed by atoms with van der Waals surface area (Å²) in [6.45, 7) is 2.15. The van der Waals surface area contributed by atoms with Crippen LogP contribution in [0.1, 0.15) is 18.1 Å². The first-order chi connectivity index (χ1) is 16.3. The number of sulfonamides is 1. The molecular formula is C25H27N3O4S2. The topological polar surface area (TPSA) is 87.7 Å². The molecule has 0 atom stereocenters. The molecule has 0 aliphatic rings. The van der Waals surface area contributed by atoms with Gasteiger partial charge < -0.3 is 10.1 Å². The fourth-order valence-corrected chi connectivity index (χ4v) is 4.50. The Morgan fingerprint density at radius 2 is 1.59 bits per heavy atom. The highest BCUT2D eigenvalue weighted by Gasteiger charge is 2.20. The number of rotatable bonds is 9. The van der Waals surface area contributed by atoms with Gasteiger partial charge in [-0.1, -0.05) is 49.4 Å². The van der Waals surface area contributed by atoms with Gasteiger partial charge in [0, 0.05) is 19.3 Å². The summed E-state index contributed by atoms with van der Waals surface area (Å²) in [4.78, 5) is 12.3. The van der Waals surface area contributed by atoms with Gasteiger partial charge in [0.1, 0.15) is 5.75 Å². The third-order valence-corrected chi connectivity index (χ3v) is 7.04. The van der Waals surface area contributed by atoms with Gasteiger partial charge in [0.25, 0.3) is 5.91 Å². The molecule has 3 rings (SSSR count). The highest BCUT2D eigenvalue weighted by molar-refractivity contribution is 7.89. The molecule has 3 aromatic carbocycles. The number of amides is 1. The number of hydrogen-bond donors (Lipinski definition) is 2. The van der Waals surface area contributed by atoms with Crippen LogP contribution in [-0.2, 0) is 27.8 Å². The lowest BCUT2D eigenvalue weighted by atomic mass is 10.2. The van der Waals surface area contributed by atoms with Gasteiger partial charge >= 0.3 is 0 Å². The van der Waals surface area contributed by atoms with E-state index in [4.69, 9.17) is 17.0 Å². The standard InChI is InChI=1S/C25H27N3O4S2/c1-3-19-9-13-22(14-10-19)32-18-24(29)27-25(33)26-21-11-15-23(16-12-21)34(30,31)28(2)17-20-7-5-4-6-8-20/h4-16H,3,17-18H2,1-2H3,(H2,26,27,29,33). The van der Waals surface area contributed by atoms with E-state index in [1.807, 2.05) is 54.6 Å². The van der Waals surface area contributed by atoms with Crippen LogP contribution in [0.5, 0.6) is 5.75 Å². The highest BCUT2D eigenvalue weighted by atomic mass is 32.2. The highest BCUT2D eigenvalue weighted by Crippen LogP contribution is 2.19. The third kappa shape index (κ3) is 7.11. The second-order valence-electron chi connectivity index (χ2n) is 7.56. The average molecular weight is 498 g/mol. The minimum Gasteiger partial charge on any atom is -0.484 e. The van der Waals surface area contributed by atoms with Crippen LogP contribution in [0.15, 0.2) is 83.8 Å². The molecule has 0 aliphatic heterocycles. The van der Waals surface area contributed by atoms with E-state index in [2.05, 4.69) is 17.6 Å². The molecular weight excluding hydrogens is 470 g/mol. The largest absolute Gasteiger partial charge is 0.484 e. The summed E-state index contributed by atoms with van der Waals surface area (Å²) in [5.41, 5.74) is 2.63. The molecule has 0 aromatic heterocycles. The molecule has 0 unspecified atom stereocenters. The zero-order chi connectivity index (χ0) is 24.6. The van der Waals surface area contributed by atoms with Crippen molar-refractivity contribution in [3.8, 4) is 5.75 Å². The normalized spacial score (nSPS) is 11.1. The van der Waals surface area contributed by atoms with Gasteiger partial charge in [0.2, 0.25) is 10.0 Å². The maximum absolute atomic E-state index is 12.8. The second kappa shape index (κ2) is 11.7.